The lowest BCUT2D eigenvalue weighted by Crippen LogP contribution is -2.20. The van der Waals surface area contributed by atoms with Crippen LogP contribution in [0.4, 0.5) is 0 Å². The third-order valence-electron chi connectivity index (χ3n) is 5.21. The number of rotatable bonds is 2. The van der Waals surface area contributed by atoms with Gasteiger partial charge in [0.15, 0.2) is 0 Å². The molecule has 4 aromatic carbocycles. The zero-order chi connectivity index (χ0) is 19.1. The van der Waals surface area contributed by atoms with Crippen molar-refractivity contribution in [3.63, 3.8) is 0 Å². The molecule has 1 heterocycles. The van der Waals surface area contributed by atoms with Crippen LogP contribution in [0.5, 0.6) is 0 Å². The molecule has 5 aromatic rings. The Morgan fingerprint density at radius 3 is 2.32 bits per heavy atom. The highest BCUT2D eigenvalue weighted by atomic mass is 16.1. The molecule has 134 valence electrons. The van der Waals surface area contributed by atoms with E-state index >= 15 is 0 Å². The van der Waals surface area contributed by atoms with Gasteiger partial charge in [-0.15, -0.1) is 0 Å². The Morgan fingerprint density at radius 2 is 1.46 bits per heavy atom. The van der Waals surface area contributed by atoms with Gasteiger partial charge in [0.1, 0.15) is 5.82 Å². The number of hydrogen-bond donors (Lipinski definition) is 0. The fourth-order valence-electron chi connectivity index (χ4n) is 3.76. The van der Waals surface area contributed by atoms with Crippen molar-refractivity contribution in [3.05, 3.63) is 101 Å². The topological polar surface area (TPSA) is 34.9 Å². The minimum absolute atomic E-state index is 0.0362. The molecular weight excluding hydrogens is 344 g/mol. The van der Waals surface area contributed by atoms with Gasteiger partial charge in [0.25, 0.3) is 5.56 Å². The molecule has 0 aliphatic rings. The number of fused-ring (bicyclic) bond motifs is 2. The molecule has 0 unspecified atom stereocenters. The molecule has 1 aromatic heterocycles. The second-order valence-electron chi connectivity index (χ2n) is 6.92. The number of benzene rings is 4. The molecule has 3 heteroatoms. The van der Waals surface area contributed by atoms with Crippen LogP contribution in [-0.2, 0) is 7.05 Å². The van der Waals surface area contributed by atoms with Crippen molar-refractivity contribution in [2.45, 2.75) is 0 Å². The summed E-state index contributed by atoms with van der Waals surface area (Å²) in [5.74, 6) is 0.677. The smallest absolute Gasteiger partial charge is 0.261 e. The van der Waals surface area contributed by atoms with Crippen LogP contribution in [0.1, 0.15) is 0 Å². The minimum Gasteiger partial charge on any atom is -0.295 e. The van der Waals surface area contributed by atoms with Crippen molar-refractivity contribution >= 4 is 21.7 Å². The summed E-state index contributed by atoms with van der Waals surface area (Å²) in [6.07, 6.45) is 0. The standard InChI is InChI=1S/C25H18N2O/c1-27-24(18-9-3-2-4-10-18)26-23-15-14-19(16-22(23)25(27)28)21-13-7-11-17-8-5-6-12-20(17)21/h2-16H,1H3. The van der Waals surface area contributed by atoms with Gasteiger partial charge in [0, 0.05) is 12.6 Å². The van der Waals surface area contributed by atoms with Crippen LogP contribution in [0, 0.1) is 0 Å². The Balaban J connectivity index is 1.74. The normalized spacial score (nSPS) is 11.2. The maximum atomic E-state index is 13.1. The molecule has 28 heavy (non-hydrogen) atoms. The van der Waals surface area contributed by atoms with Crippen LogP contribution in [-0.4, -0.2) is 9.55 Å². The highest BCUT2D eigenvalue weighted by molar-refractivity contribution is 5.98. The van der Waals surface area contributed by atoms with Gasteiger partial charge in [-0.25, -0.2) is 4.98 Å². The average Bonchev–Trinajstić information content (AvgIpc) is 2.76. The lowest BCUT2D eigenvalue weighted by atomic mass is 9.97. The lowest BCUT2D eigenvalue weighted by molar-refractivity contribution is 0.856. The molecule has 0 spiro atoms. The van der Waals surface area contributed by atoms with E-state index in [-0.39, 0.29) is 5.56 Å². The van der Waals surface area contributed by atoms with Gasteiger partial charge >= 0.3 is 0 Å². The van der Waals surface area contributed by atoms with Crippen molar-refractivity contribution in [1.29, 1.82) is 0 Å². The zero-order valence-electron chi connectivity index (χ0n) is 15.5. The fraction of sp³-hybridized carbons (Fsp3) is 0.0400. The first-order chi connectivity index (χ1) is 13.7. The molecule has 3 nitrogen and oxygen atoms in total. The van der Waals surface area contributed by atoms with Gasteiger partial charge in [-0.2, -0.15) is 0 Å². The van der Waals surface area contributed by atoms with Crippen LogP contribution in [0.25, 0.3) is 44.2 Å². The molecular formula is C25H18N2O. The molecule has 0 aliphatic heterocycles. The van der Waals surface area contributed by atoms with Crippen molar-refractivity contribution < 1.29 is 0 Å². The van der Waals surface area contributed by atoms with Crippen LogP contribution in [0.2, 0.25) is 0 Å². The minimum atomic E-state index is -0.0362. The predicted molar refractivity (Wildman–Crippen MR) is 115 cm³/mol. The summed E-state index contributed by atoms with van der Waals surface area (Å²) < 4.78 is 1.63. The van der Waals surface area contributed by atoms with Gasteiger partial charge in [-0.3, -0.25) is 9.36 Å². The van der Waals surface area contributed by atoms with E-state index in [0.29, 0.717) is 16.7 Å². The van der Waals surface area contributed by atoms with E-state index < -0.39 is 0 Å². The molecule has 0 atom stereocenters. The molecule has 0 N–H and O–H groups in total. The van der Waals surface area contributed by atoms with E-state index in [1.165, 1.54) is 10.8 Å². The molecule has 0 amide bonds. The Bertz CT molecular complexity index is 1380. The molecule has 0 fully saturated rings. The Kier molecular flexibility index (Phi) is 3.80. The van der Waals surface area contributed by atoms with E-state index in [1.54, 1.807) is 11.6 Å². The average molecular weight is 362 g/mol. The number of nitrogens with zero attached hydrogens (tertiary/aromatic N) is 2. The summed E-state index contributed by atoms with van der Waals surface area (Å²) in [6, 6.07) is 30.3. The Hall–Kier alpha value is -3.72. The van der Waals surface area contributed by atoms with Gasteiger partial charge in [-0.05, 0) is 34.0 Å². The van der Waals surface area contributed by atoms with Crippen molar-refractivity contribution in [2.24, 2.45) is 7.05 Å². The first-order valence-electron chi connectivity index (χ1n) is 9.27. The second kappa shape index (κ2) is 6.46. The second-order valence-corrected chi connectivity index (χ2v) is 6.92. The van der Waals surface area contributed by atoms with E-state index in [4.69, 9.17) is 4.98 Å². The summed E-state index contributed by atoms with van der Waals surface area (Å²) in [4.78, 5) is 17.9. The highest BCUT2D eigenvalue weighted by Gasteiger charge is 2.12. The maximum Gasteiger partial charge on any atom is 0.261 e. The van der Waals surface area contributed by atoms with Gasteiger partial charge in [0.2, 0.25) is 0 Å². The van der Waals surface area contributed by atoms with E-state index in [1.807, 2.05) is 60.7 Å². The molecule has 0 aliphatic carbocycles. The van der Waals surface area contributed by atoms with E-state index in [2.05, 4.69) is 30.3 Å². The van der Waals surface area contributed by atoms with Crippen molar-refractivity contribution in [3.8, 4) is 22.5 Å². The monoisotopic (exact) mass is 362 g/mol. The molecule has 0 radical (unpaired) electrons. The fourth-order valence-corrected chi connectivity index (χ4v) is 3.76. The van der Waals surface area contributed by atoms with Gasteiger partial charge in [-0.1, -0.05) is 78.9 Å². The van der Waals surface area contributed by atoms with Gasteiger partial charge < -0.3 is 0 Å². The van der Waals surface area contributed by atoms with E-state index in [0.717, 1.165) is 16.7 Å². The summed E-state index contributed by atoms with van der Waals surface area (Å²) in [6.45, 7) is 0. The lowest BCUT2D eigenvalue weighted by Gasteiger charge is -2.11. The first-order valence-corrected chi connectivity index (χ1v) is 9.27. The highest BCUT2D eigenvalue weighted by Crippen LogP contribution is 2.30. The number of aromatic nitrogens is 2. The van der Waals surface area contributed by atoms with Crippen molar-refractivity contribution in [2.75, 3.05) is 0 Å². The summed E-state index contributed by atoms with van der Waals surface area (Å²) in [7, 11) is 1.78. The largest absolute Gasteiger partial charge is 0.295 e. The molecule has 0 saturated carbocycles. The maximum absolute atomic E-state index is 13.1. The quantitative estimate of drug-likeness (QED) is 0.420. The Labute approximate surface area is 162 Å². The van der Waals surface area contributed by atoms with Crippen LogP contribution in [0.15, 0.2) is 95.8 Å². The zero-order valence-corrected chi connectivity index (χ0v) is 15.5. The predicted octanol–water partition coefficient (Wildman–Crippen LogP) is 5.42. The van der Waals surface area contributed by atoms with E-state index in [9.17, 15) is 4.79 Å². The first kappa shape index (κ1) is 16.5. The van der Waals surface area contributed by atoms with Crippen LogP contribution < -0.4 is 5.56 Å². The van der Waals surface area contributed by atoms with Gasteiger partial charge in [0.05, 0.1) is 10.9 Å². The summed E-state index contributed by atoms with van der Waals surface area (Å²) in [5.41, 5.74) is 3.75. The van der Waals surface area contributed by atoms with Crippen LogP contribution >= 0.6 is 0 Å². The third kappa shape index (κ3) is 2.60. The summed E-state index contributed by atoms with van der Waals surface area (Å²) >= 11 is 0. The Morgan fingerprint density at radius 1 is 0.714 bits per heavy atom. The molecule has 5 rings (SSSR count). The molecule has 0 bridgehead atoms. The SMILES string of the molecule is Cn1c(-c2ccccc2)nc2ccc(-c3cccc4ccccc34)cc2c1=O. The van der Waals surface area contributed by atoms with Crippen LogP contribution in [0.3, 0.4) is 0 Å². The van der Waals surface area contributed by atoms with Crippen molar-refractivity contribution in [1.82, 2.24) is 9.55 Å². The summed E-state index contributed by atoms with van der Waals surface area (Å²) in [5, 5.41) is 2.99. The number of hydrogen-bond acceptors (Lipinski definition) is 2. The molecule has 0 saturated heterocycles. The third-order valence-corrected chi connectivity index (χ3v) is 5.21.